The topological polar surface area (TPSA) is 66.8 Å². The molecule has 0 aliphatic rings. The first-order chi connectivity index (χ1) is 13.6. The fourth-order valence-corrected chi connectivity index (χ4v) is 3.12. The maximum atomic E-state index is 11.8. The van der Waals surface area contributed by atoms with E-state index in [1.807, 2.05) is 0 Å². The van der Waals surface area contributed by atoms with Gasteiger partial charge in [0.15, 0.2) is 11.5 Å². The van der Waals surface area contributed by atoms with Gasteiger partial charge < -0.3 is 14.9 Å². The number of benzene rings is 1. The summed E-state index contributed by atoms with van der Waals surface area (Å²) < 4.78 is 5.05. The number of carbonyl (C=O) groups is 1. The second kappa shape index (κ2) is 16.0. The number of unbranched alkanes of at least 4 members (excludes halogenated alkanes) is 11. The molecule has 0 atom stereocenters. The Morgan fingerprint density at radius 2 is 1.32 bits per heavy atom. The van der Waals surface area contributed by atoms with E-state index in [-0.39, 0.29) is 17.2 Å². The molecule has 0 saturated heterocycles. The van der Waals surface area contributed by atoms with E-state index >= 15 is 0 Å². The van der Waals surface area contributed by atoms with E-state index < -0.39 is 5.97 Å². The third kappa shape index (κ3) is 11.7. The molecule has 4 heteroatoms. The average Bonchev–Trinajstić information content (AvgIpc) is 2.68. The van der Waals surface area contributed by atoms with Crippen molar-refractivity contribution in [2.75, 3.05) is 0 Å². The van der Waals surface area contributed by atoms with Crippen LogP contribution < -0.4 is 4.74 Å². The van der Waals surface area contributed by atoms with Crippen molar-refractivity contribution in [3.63, 3.8) is 0 Å². The lowest BCUT2D eigenvalue weighted by atomic mass is 10.1. The normalized spacial score (nSPS) is 11.2. The lowest BCUT2D eigenvalue weighted by molar-refractivity contribution is -0.134. The van der Waals surface area contributed by atoms with Gasteiger partial charge in [0, 0.05) is 6.42 Å². The van der Waals surface area contributed by atoms with Crippen LogP contribution in [0.15, 0.2) is 30.4 Å². The van der Waals surface area contributed by atoms with Crippen LogP contribution in [0.4, 0.5) is 0 Å². The summed E-state index contributed by atoms with van der Waals surface area (Å²) in [6.07, 6.45) is 20.6. The standard InChI is InChI=1S/C24H38O4/c1-2-3-4-5-6-7-8-9-10-11-12-13-14-15-16-20-23(27)28-24-21(25)18-17-19-22(24)26/h9-10,17-19,25-26H,2-8,11-16,20H2,1H3/b10-9-. The van der Waals surface area contributed by atoms with Crippen molar-refractivity contribution in [1.82, 2.24) is 0 Å². The maximum absolute atomic E-state index is 11.8. The van der Waals surface area contributed by atoms with E-state index in [0.29, 0.717) is 6.42 Å². The molecule has 0 aromatic heterocycles. The van der Waals surface area contributed by atoms with Gasteiger partial charge in [-0.3, -0.25) is 4.79 Å². The van der Waals surface area contributed by atoms with E-state index in [1.165, 1.54) is 76.0 Å². The number of aromatic hydroxyl groups is 2. The van der Waals surface area contributed by atoms with Gasteiger partial charge in [0.05, 0.1) is 0 Å². The Labute approximate surface area is 170 Å². The summed E-state index contributed by atoms with van der Waals surface area (Å²) in [5.74, 6) is -1.02. The van der Waals surface area contributed by atoms with Crippen LogP contribution in [0.2, 0.25) is 0 Å². The molecule has 0 aliphatic carbocycles. The first-order valence-corrected chi connectivity index (χ1v) is 11.0. The fraction of sp³-hybridized carbons (Fsp3) is 0.625. The second-order valence-corrected chi connectivity index (χ2v) is 7.43. The molecule has 0 spiro atoms. The number of para-hydroxylation sites is 1. The van der Waals surface area contributed by atoms with Crippen LogP contribution in [0, 0.1) is 0 Å². The summed E-state index contributed by atoms with van der Waals surface area (Å²) in [6.45, 7) is 2.25. The third-order valence-electron chi connectivity index (χ3n) is 4.83. The van der Waals surface area contributed by atoms with Gasteiger partial charge >= 0.3 is 5.97 Å². The monoisotopic (exact) mass is 390 g/mol. The number of hydrogen-bond donors (Lipinski definition) is 2. The summed E-state index contributed by atoms with van der Waals surface area (Å²) in [7, 11) is 0. The molecule has 0 bridgehead atoms. The number of esters is 1. The molecule has 1 aromatic rings. The number of hydrogen-bond acceptors (Lipinski definition) is 4. The zero-order valence-electron chi connectivity index (χ0n) is 17.5. The van der Waals surface area contributed by atoms with E-state index in [4.69, 9.17) is 4.74 Å². The minimum Gasteiger partial charge on any atom is -0.504 e. The van der Waals surface area contributed by atoms with Crippen molar-refractivity contribution < 1.29 is 19.7 Å². The van der Waals surface area contributed by atoms with Gasteiger partial charge in [-0.1, -0.05) is 76.5 Å². The zero-order chi connectivity index (χ0) is 20.5. The van der Waals surface area contributed by atoms with Gasteiger partial charge in [-0.05, 0) is 44.2 Å². The molecule has 0 saturated carbocycles. The number of ether oxygens (including phenoxy) is 1. The van der Waals surface area contributed by atoms with Gasteiger partial charge in [0.1, 0.15) is 0 Å². The smallest absolute Gasteiger partial charge is 0.311 e. The highest BCUT2D eigenvalue weighted by atomic mass is 16.5. The summed E-state index contributed by atoms with van der Waals surface area (Å²) in [5.41, 5.74) is 0. The van der Waals surface area contributed by atoms with Crippen molar-refractivity contribution in [1.29, 1.82) is 0 Å². The highest BCUT2D eigenvalue weighted by molar-refractivity contribution is 5.74. The first kappa shape index (κ1) is 24.1. The van der Waals surface area contributed by atoms with Crippen molar-refractivity contribution in [2.24, 2.45) is 0 Å². The lowest BCUT2D eigenvalue weighted by Gasteiger charge is -2.07. The molecule has 0 unspecified atom stereocenters. The average molecular weight is 391 g/mol. The maximum Gasteiger partial charge on any atom is 0.311 e. The molecule has 1 aromatic carbocycles. The Balaban J connectivity index is 1.93. The van der Waals surface area contributed by atoms with Crippen LogP contribution in [0.1, 0.15) is 96.8 Å². The number of carbonyl (C=O) groups excluding carboxylic acids is 1. The van der Waals surface area contributed by atoms with Gasteiger partial charge in [0.25, 0.3) is 0 Å². The van der Waals surface area contributed by atoms with Gasteiger partial charge in [-0.15, -0.1) is 0 Å². The Hall–Kier alpha value is -1.97. The molecule has 0 fully saturated rings. The molecule has 2 N–H and O–H groups in total. The minimum absolute atomic E-state index is 0.153. The Morgan fingerprint density at radius 3 is 1.89 bits per heavy atom. The molecular weight excluding hydrogens is 352 g/mol. The van der Waals surface area contributed by atoms with Crippen molar-refractivity contribution >= 4 is 5.97 Å². The van der Waals surface area contributed by atoms with Crippen molar-refractivity contribution in [3.05, 3.63) is 30.4 Å². The highest BCUT2D eigenvalue weighted by Crippen LogP contribution is 2.35. The Bertz CT molecular complexity index is 545. The molecular formula is C24H38O4. The summed E-state index contributed by atoms with van der Waals surface area (Å²) in [5, 5.41) is 19.2. The molecule has 28 heavy (non-hydrogen) atoms. The van der Waals surface area contributed by atoms with Crippen LogP contribution in [-0.4, -0.2) is 16.2 Å². The minimum atomic E-state index is -0.422. The summed E-state index contributed by atoms with van der Waals surface area (Å²) in [6, 6.07) is 4.25. The van der Waals surface area contributed by atoms with Crippen molar-refractivity contribution in [3.8, 4) is 17.2 Å². The van der Waals surface area contributed by atoms with Gasteiger partial charge in [-0.25, -0.2) is 0 Å². The molecule has 0 heterocycles. The van der Waals surface area contributed by atoms with Gasteiger partial charge in [-0.2, -0.15) is 0 Å². The van der Waals surface area contributed by atoms with E-state index in [2.05, 4.69) is 19.1 Å². The third-order valence-corrected chi connectivity index (χ3v) is 4.83. The predicted molar refractivity (Wildman–Crippen MR) is 115 cm³/mol. The van der Waals surface area contributed by atoms with Crippen LogP contribution in [0.5, 0.6) is 17.2 Å². The van der Waals surface area contributed by atoms with E-state index in [9.17, 15) is 15.0 Å². The molecule has 0 radical (unpaired) electrons. The van der Waals surface area contributed by atoms with Crippen LogP contribution in [-0.2, 0) is 4.79 Å². The first-order valence-electron chi connectivity index (χ1n) is 11.0. The number of phenols is 2. The molecule has 0 amide bonds. The zero-order valence-corrected chi connectivity index (χ0v) is 17.5. The van der Waals surface area contributed by atoms with Crippen LogP contribution >= 0.6 is 0 Å². The van der Waals surface area contributed by atoms with Crippen LogP contribution in [0.25, 0.3) is 0 Å². The molecule has 4 nitrogen and oxygen atoms in total. The Morgan fingerprint density at radius 1 is 0.821 bits per heavy atom. The fourth-order valence-electron chi connectivity index (χ4n) is 3.12. The van der Waals surface area contributed by atoms with Crippen molar-refractivity contribution in [2.45, 2.75) is 96.8 Å². The molecule has 1 rings (SSSR count). The summed E-state index contributed by atoms with van der Waals surface area (Å²) in [4.78, 5) is 11.8. The second-order valence-electron chi connectivity index (χ2n) is 7.43. The Kier molecular flexibility index (Phi) is 13.8. The SMILES string of the molecule is CCCCCCCC/C=C\CCCCCCCC(=O)Oc1c(O)cccc1O. The lowest BCUT2D eigenvalue weighted by Crippen LogP contribution is -2.07. The number of phenolic OH excluding ortho intramolecular Hbond substituents is 2. The van der Waals surface area contributed by atoms with E-state index in [0.717, 1.165) is 25.7 Å². The van der Waals surface area contributed by atoms with Gasteiger partial charge in [0.2, 0.25) is 5.75 Å². The quantitative estimate of drug-likeness (QED) is 0.137. The number of rotatable bonds is 16. The number of allylic oxidation sites excluding steroid dienone is 2. The highest BCUT2D eigenvalue weighted by Gasteiger charge is 2.12. The molecule has 0 aliphatic heterocycles. The summed E-state index contributed by atoms with van der Waals surface area (Å²) >= 11 is 0. The van der Waals surface area contributed by atoms with Crippen LogP contribution in [0.3, 0.4) is 0 Å². The molecule has 158 valence electrons. The predicted octanol–water partition coefficient (Wildman–Crippen LogP) is 7.04. The largest absolute Gasteiger partial charge is 0.504 e. The van der Waals surface area contributed by atoms with E-state index in [1.54, 1.807) is 0 Å².